The summed E-state index contributed by atoms with van der Waals surface area (Å²) in [6.07, 6.45) is 3.99. The quantitative estimate of drug-likeness (QED) is 0.636. The summed E-state index contributed by atoms with van der Waals surface area (Å²) in [6, 6.07) is 1.72. The predicted molar refractivity (Wildman–Crippen MR) is 78.2 cm³/mol. The smallest absolute Gasteiger partial charge is 0.254 e. The number of hydrogen-bond donors (Lipinski definition) is 3. The molecule has 0 unspecified atom stereocenters. The first-order chi connectivity index (χ1) is 9.50. The lowest BCUT2D eigenvalue weighted by Gasteiger charge is -2.11. The summed E-state index contributed by atoms with van der Waals surface area (Å²) < 4.78 is 24.7. The van der Waals surface area contributed by atoms with E-state index < -0.39 is 10.0 Å². The molecule has 20 heavy (non-hydrogen) atoms. The molecule has 1 aromatic rings. The normalized spacial score (nSPS) is 11.1. The van der Waals surface area contributed by atoms with Gasteiger partial charge in [-0.2, -0.15) is 0 Å². The number of sulfonamides is 1. The Morgan fingerprint density at radius 3 is 2.75 bits per heavy atom. The number of nitrogens with zero attached hydrogens (tertiary/aromatic N) is 1. The molecular weight excluding hydrogens is 280 g/mol. The molecule has 0 fully saturated rings. The van der Waals surface area contributed by atoms with Crippen molar-refractivity contribution in [1.29, 1.82) is 0 Å². The van der Waals surface area contributed by atoms with E-state index in [2.05, 4.69) is 20.3 Å². The van der Waals surface area contributed by atoms with Gasteiger partial charge in [-0.1, -0.05) is 6.92 Å². The van der Waals surface area contributed by atoms with E-state index in [4.69, 9.17) is 0 Å². The van der Waals surface area contributed by atoms with Gasteiger partial charge in [0.1, 0.15) is 0 Å². The molecule has 0 spiro atoms. The van der Waals surface area contributed by atoms with Crippen molar-refractivity contribution in [3.63, 3.8) is 0 Å². The van der Waals surface area contributed by atoms with Crippen LogP contribution in [-0.4, -0.2) is 45.2 Å². The minimum atomic E-state index is -3.32. The number of amides is 1. The largest absolute Gasteiger partial charge is 0.384 e. The molecule has 0 saturated carbocycles. The van der Waals surface area contributed by atoms with E-state index in [1.54, 1.807) is 12.3 Å². The minimum Gasteiger partial charge on any atom is -0.384 e. The first-order valence-corrected chi connectivity index (χ1v) is 8.02. The topological polar surface area (TPSA) is 100 Å². The molecule has 3 N–H and O–H groups in total. The van der Waals surface area contributed by atoms with Crippen LogP contribution in [0.1, 0.15) is 23.7 Å². The second-order valence-corrected chi connectivity index (χ2v) is 6.17. The Labute approximate surface area is 119 Å². The highest BCUT2D eigenvalue weighted by Gasteiger charge is 2.12. The lowest BCUT2D eigenvalue weighted by Crippen LogP contribution is -2.33. The van der Waals surface area contributed by atoms with Crippen molar-refractivity contribution in [3.05, 3.63) is 24.0 Å². The van der Waals surface area contributed by atoms with Crippen LogP contribution in [0.3, 0.4) is 0 Å². The molecule has 1 heterocycles. The summed E-state index contributed by atoms with van der Waals surface area (Å²) >= 11 is 0. The SMILES string of the molecule is CCCNc1ccncc1C(=O)NCCS(=O)(=O)NC. The Balaban J connectivity index is 2.63. The molecule has 0 aromatic carbocycles. The van der Waals surface area contributed by atoms with E-state index in [0.29, 0.717) is 11.3 Å². The van der Waals surface area contributed by atoms with E-state index in [1.165, 1.54) is 13.2 Å². The summed E-state index contributed by atoms with van der Waals surface area (Å²) in [4.78, 5) is 15.9. The molecule has 0 aliphatic carbocycles. The van der Waals surface area contributed by atoms with Crippen LogP contribution < -0.4 is 15.4 Å². The third-order valence-corrected chi connectivity index (χ3v) is 3.96. The maximum Gasteiger partial charge on any atom is 0.254 e. The van der Waals surface area contributed by atoms with Crippen molar-refractivity contribution in [2.24, 2.45) is 0 Å². The zero-order chi connectivity index (χ0) is 15.0. The van der Waals surface area contributed by atoms with Crippen LogP contribution in [-0.2, 0) is 10.0 Å². The number of carbonyl (C=O) groups is 1. The van der Waals surface area contributed by atoms with Gasteiger partial charge in [-0.15, -0.1) is 0 Å². The molecular formula is C12H20N4O3S. The molecule has 0 atom stereocenters. The molecule has 1 aromatic heterocycles. The van der Waals surface area contributed by atoms with Gasteiger partial charge >= 0.3 is 0 Å². The monoisotopic (exact) mass is 300 g/mol. The van der Waals surface area contributed by atoms with Crippen LogP contribution in [0, 0.1) is 0 Å². The molecule has 8 heteroatoms. The van der Waals surface area contributed by atoms with Crippen LogP contribution in [0.5, 0.6) is 0 Å². The summed E-state index contributed by atoms with van der Waals surface area (Å²) in [6.45, 7) is 2.82. The number of hydrogen-bond acceptors (Lipinski definition) is 5. The Bertz CT molecular complexity index is 545. The van der Waals surface area contributed by atoms with Crippen molar-refractivity contribution in [1.82, 2.24) is 15.0 Å². The number of nitrogens with one attached hydrogen (secondary N) is 3. The number of aromatic nitrogens is 1. The van der Waals surface area contributed by atoms with Crippen molar-refractivity contribution in [3.8, 4) is 0 Å². The first-order valence-electron chi connectivity index (χ1n) is 6.37. The van der Waals surface area contributed by atoms with Gasteiger partial charge in [-0.25, -0.2) is 13.1 Å². The summed E-state index contributed by atoms with van der Waals surface area (Å²) in [5.74, 6) is -0.504. The summed E-state index contributed by atoms with van der Waals surface area (Å²) in [7, 11) is -1.98. The maximum atomic E-state index is 12.0. The molecule has 0 aliphatic heterocycles. The number of anilines is 1. The highest BCUT2D eigenvalue weighted by Crippen LogP contribution is 2.13. The van der Waals surface area contributed by atoms with Gasteiger partial charge in [-0.05, 0) is 19.5 Å². The van der Waals surface area contributed by atoms with E-state index in [9.17, 15) is 13.2 Å². The fourth-order valence-corrected chi connectivity index (χ4v) is 2.06. The van der Waals surface area contributed by atoms with Crippen LogP contribution in [0.2, 0.25) is 0 Å². The Morgan fingerprint density at radius 2 is 2.10 bits per heavy atom. The highest BCUT2D eigenvalue weighted by atomic mass is 32.2. The first kappa shape index (κ1) is 16.4. The molecule has 0 bridgehead atoms. The predicted octanol–water partition coefficient (Wildman–Crippen LogP) is 0.183. The van der Waals surface area contributed by atoms with Gasteiger partial charge in [0.15, 0.2) is 0 Å². The van der Waals surface area contributed by atoms with E-state index in [-0.39, 0.29) is 18.2 Å². The second kappa shape index (κ2) is 7.81. The van der Waals surface area contributed by atoms with Crippen LogP contribution in [0.4, 0.5) is 5.69 Å². The van der Waals surface area contributed by atoms with E-state index in [1.807, 2.05) is 6.92 Å². The second-order valence-electron chi connectivity index (χ2n) is 4.13. The fourth-order valence-electron chi connectivity index (χ4n) is 1.49. The van der Waals surface area contributed by atoms with Gasteiger partial charge in [-0.3, -0.25) is 9.78 Å². The van der Waals surface area contributed by atoms with Gasteiger partial charge in [0.2, 0.25) is 10.0 Å². The zero-order valence-corrected chi connectivity index (χ0v) is 12.5. The van der Waals surface area contributed by atoms with Crippen molar-refractivity contribution < 1.29 is 13.2 Å². The Kier molecular flexibility index (Phi) is 6.40. The average molecular weight is 300 g/mol. The van der Waals surface area contributed by atoms with Gasteiger partial charge in [0.05, 0.1) is 17.0 Å². The highest BCUT2D eigenvalue weighted by molar-refractivity contribution is 7.89. The molecule has 0 radical (unpaired) electrons. The molecule has 1 amide bonds. The number of rotatable bonds is 8. The molecule has 7 nitrogen and oxygen atoms in total. The van der Waals surface area contributed by atoms with Crippen molar-refractivity contribution in [2.45, 2.75) is 13.3 Å². The third kappa shape index (κ3) is 5.14. The Hall–Kier alpha value is -1.67. The fraction of sp³-hybridized carbons (Fsp3) is 0.500. The lowest BCUT2D eigenvalue weighted by atomic mass is 10.2. The minimum absolute atomic E-state index is 0.0458. The van der Waals surface area contributed by atoms with Gasteiger partial charge in [0.25, 0.3) is 5.91 Å². The molecule has 112 valence electrons. The number of pyridine rings is 1. The lowest BCUT2D eigenvalue weighted by molar-refractivity contribution is 0.0956. The van der Waals surface area contributed by atoms with Crippen LogP contribution in [0.25, 0.3) is 0 Å². The van der Waals surface area contributed by atoms with Crippen LogP contribution >= 0.6 is 0 Å². The maximum absolute atomic E-state index is 12.0. The Morgan fingerprint density at radius 1 is 1.35 bits per heavy atom. The zero-order valence-electron chi connectivity index (χ0n) is 11.6. The van der Waals surface area contributed by atoms with E-state index >= 15 is 0 Å². The standard InChI is InChI=1S/C12H20N4O3S/c1-3-5-15-11-4-6-14-9-10(11)12(17)16-7-8-20(18,19)13-2/h4,6,9,13H,3,5,7-8H2,1-2H3,(H,14,15)(H,16,17). The molecule has 1 rings (SSSR count). The third-order valence-electron chi connectivity index (χ3n) is 2.60. The van der Waals surface area contributed by atoms with Crippen molar-refractivity contribution in [2.75, 3.05) is 31.2 Å². The van der Waals surface area contributed by atoms with Gasteiger partial charge < -0.3 is 10.6 Å². The van der Waals surface area contributed by atoms with Crippen molar-refractivity contribution >= 4 is 21.6 Å². The summed E-state index contributed by atoms with van der Waals surface area (Å²) in [5, 5.41) is 5.70. The van der Waals surface area contributed by atoms with E-state index in [0.717, 1.165) is 13.0 Å². The number of carbonyl (C=O) groups excluding carboxylic acids is 1. The average Bonchev–Trinajstić information content (AvgIpc) is 2.45. The molecule has 0 saturated heterocycles. The van der Waals surface area contributed by atoms with Crippen LogP contribution in [0.15, 0.2) is 18.5 Å². The summed E-state index contributed by atoms with van der Waals surface area (Å²) in [5.41, 5.74) is 1.10. The molecule has 0 aliphatic rings. The van der Waals surface area contributed by atoms with Gasteiger partial charge in [0, 0.05) is 25.5 Å².